The van der Waals surface area contributed by atoms with Gasteiger partial charge in [0.05, 0.1) is 5.69 Å². The zero-order valence-electron chi connectivity index (χ0n) is 15.9. The lowest BCUT2D eigenvalue weighted by Gasteiger charge is -2.24. The molecule has 25 heavy (non-hydrogen) atoms. The van der Waals surface area contributed by atoms with Crippen molar-refractivity contribution in [3.8, 4) is 0 Å². The number of rotatable bonds is 5. The summed E-state index contributed by atoms with van der Waals surface area (Å²) in [6.45, 7) is 8.79. The van der Waals surface area contributed by atoms with Gasteiger partial charge in [0.1, 0.15) is 5.69 Å². The standard InChI is InChI=1S/C18H29BrN4O2/c1-18(2,3)10-12(16(25)20-4)9-14(24)15-13-11-22(5)7-6-8-23(13)17(19)21-15/h12H,6-11H2,1-5H3,(H,20,25)/t12-/m0/s1. The summed E-state index contributed by atoms with van der Waals surface area (Å²) in [5.41, 5.74) is 1.43. The van der Waals surface area contributed by atoms with Gasteiger partial charge in [0.15, 0.2) is 10.5 Å². The molecule has 0 bridgehead atoms. The minimum absolute atomic E-state index is 0.0244. The molecule has 1 aromatic rings. The van der Waals surface area contributed by atoms with Gasteiger partial charge in [0, 0.05) is 32.5 Å². The number of aromatic nitrogens is 2. The van der Waals surface area contributed by atoms with Gasteiger partial charge >= 0.3 is 0 Å². The second-order valence-electron chi connectivity index (χ2n) is 8.12. The Balaban J connectivity index is 2.26. The molecule has 140 valence electrons. The average Bonchev–Trinajstić information content (AvgIpc) is 2.68. The molecule has 0 aliphatic carbocycles. The maximum Gasteiger partial charge on any atom is 0.223 e. The van der Waals surface area contributed by atoms with Crippen LogP contribution in [0.3, 0.4) is 0 Å². The van der Waals surface area contributed by atoms with Crippen LogP contribution in [0.25, 0.3) is 0 Å². The Morgan fingerprint density at radius 3 is 2.60 bits per heavy atom. The van der Waals surface area contributed by atoms with Crippen molar-refractivity contribution >= 4 is 27.6 Å². The van der Waals surface area contributed by atoms with E-state index in [1.54, 1.807) is 7.05 Å². The fourth-order valence-corrected chi connectivity index (χ4v) is 3.99. The number of halogens is 1. The van der Waals surface area contributed by atoms with E-state index >= 15 is 0 Å². The number of carbonyl (C=O) groups is 2. The zero-order valence-corrected chi connectivity index (χ0v) is 17.4. The summed E-state index contributed by atoms with van der Waals surface area (Å²) >= 11 is 3.49. The summed E-state index contributed by atoms with van der Waals surface area (Å²) in [6, 6.07) is 0. The Hall–Kier alpha value is -1.21. The summed E-state index contributed by atoms with van der Waals surface area (Å²) in [5, 5.41) is 2.69. The molecule has 0 saturated carbocycles. The average molecular weight is 413 g/mol. The van der Waals surface area contributed by atoms with Crippen LogP contribution in [0, 0.1) is 11.3 Å². The Labute approximate surface area is 158 Å². The maximum atomic E-state index is 13.0. The van der Waals surface area contributed by atoms with E-state index in [2.05, 4.69) is 63.5 Å². The molecule has 2 rings (SSSR count). The van der Waals surface area contributed by atoms with Gasteiger partial charge in [0.25, 0.3) is 0 Å². The van der Waals surface area contributed by atoms with Crippen LogP contribution in [0.5, 0.6) is 0 Å². The second kappa shape index (κ2) is 7.99. The highest BCUT2D eigenvalue weighted by Crippen LogP contribution is 2.29. The molecule has 0 radical (unpaired) electrons. The molecule has 0 unspecified atom stereocenters. The van der Waals surface area contributed by atoms with E-state index in [0.29, 0.717) is 23.4 Å². The zero-order chi connectivity index (χ0) is 18.8. The molecule has 0 fully saturated rings. The fourth-order valence-electron chi connectivity index (χ4n) is 3.42. The number of hydrogen-bond donors (Lipinski definition) is 1. The number of hydrogen-bond acceptors (Lipinski definition) is 4. The van der Waals surface area contributed by atoms with Crippen LogP contribution >= 0.6 is 15.9 Å². The largest absolute Gasteiger partial charge is 0.359 e. The van der Waals surface area contributed by atoms with Gasteiger partial charge < -0.3 is 14.8 Å². The maximum absolute atomic E-state index is 13.0. The molecule has 1 aliphatic rings. The van der Waals surface area contributed by atoms with Gasteiger partial charge in [-0.3, -0.25) is 9.59 Å². The van der Waals surface area contributed by atoms with Crippen molar-refractivity contribution in [3.05, 3.63) is 16.1 Å². The summed E-state index contributed by atoms with van der Waals surface area (Å²) in [4.78, 5) is 31.9. The van der Waals surface area contributed by atoms with Crippen LogP contribution in [0.2, 0.25) is 0 Å². The lowest BCUT2D eigenvalue weighted by molar-refractivity contribution is -0.125. The van der Waals surface area contributed by atoms with Gasteiger partial charge in [0.2, 0.25) is 5.91 Å². The van der Waals surface area contributed by atoms with Crippen molar-refractivity contribution in [1.82, 2.24) is 19.8 Å². The van der Waals surface area contributed by atoms with Crippen molar-refractivity contribution in [1.29, 1.82) is 0 Å². The van der Waals surface area contributed by atoms with Crippen molar-refractivity contribution in [3.63, 3.8) is 0 Å². The molecule has 1 amide bonds. The minimum atomic E-state index is -0.336. The number of nitrogens with one attached hydrogen (secondary N) is 1. The number of ketones is 1. The third-order valence-corrected chi connectivity index (χ3v) is 5.14. The van der Waals surface area contributed by atoms with Gasteiger partial charge in [-0.1, -0.05) is 20.8 Å². The first-order chi connectivity index (χ1) is 11.6. The first kappa shape index (κ1) is 20.1. The molecule has 0 saturated heterocycles. The van der Waals surface area contributed by atoms with E-state index in [-0.39, 0.29) is 29.4 Å². The lowest BCUT2D eigenvalue weighted by Crippen LogP contribution is -2.32. The normalized spacial score (nSPS) is 16.9. The summed E-state index contributed by atoms with van der Waals surface area (Å²) in [7, 11) is 3.68. The van der Waals surface area contributed by atoms with Gasteiger partial charge in [-0.2, -0.15) is 0 Å². The van der Waals surface area contributed by atoms with Crippen LogP contribution in [-0.2, 0) is 17.9 Å². The van der Waals surface area contributed by atoms with E-state index in [4.69, 9.17) is 0 Å². The van der Waals surface area contributed by atoms with Crippen LogP contribution in [0.1, 0.15) is 56.2 Å². The monoisotopic (exact) mass is 412 g/mol. The second-order valence-corrected chi connectivity index (χ2v) is 8.83. The molecular weight excluding hydrogens is 384 g/mol. The van der Waals surface area contributed by atoms with Crippen LogP contribution in [0.15, 0.2) is 4.73 Å². The smallest absolute Gasteiger partial charge is 0.223 e. The Bertz CT molecular complexity index is 648. The molecule has 1 aromatic heterocycles. The van der Waals surface area contributed by atoms with E-state index in [1.165, 1.54) is 0 Å². The number of nitrogens with zero attached hydrogens (tertiary/aromatic N) is 3. The topological polar surface area (TPSA) is 67.2 Å². The summed E-state index contributed by atoms with van der Waals surface area (Å²) < 4.78 is 2.78. The van der Waals surface area contributed by atoms with Crippen molar-refractivity contribution in [2.75, 3.05) is 20.6 Å². The third-order valence-electron chi connectivity index (χ3n) is 4.54. The lowest BCUT2D eigenvalue weighted by atomic mass is 9.81. The van der Waals surface area contributed by atoms with E-state index in [9.17, 15) is 9.59 Å². The first-order valence-corrected chi connectivity index (χ1v) is 9.60. The fraction of sp³-hybridized carbons (Fsp3) is 0.722. The molecule has 6 nitrogen and oxygen atoms in total. The Morgan fingerprint density at radius 2 is 2.00 bits per heavy atom. The van der Waals surface area contributed by atoms with E-state index in [0.717, 1.165) is 25.2 Å². The van der Waals surface area contributed by atoms with Crippen LogP contribution < -0.4 is 5.32 Å². The number of carbonyl (C=O) groups excluding carboxylic acids is 2. The molecule has 1 N–H and O–H groups in total. The van der Waals surface area contributed by atoms with Crippen LogP contribution in [0.4, 0.5) is 0 Å². The summed E-state index contributed by atoms with van der Waals surface area (Å²) in [5.74, 6) is -0.468. The molecule has 7 heteroatoms. The predicted molar refractivity (Wildman–Crippen MR) is 101 cm³/mol. The molecule has 0 spiro atoms. The van der Waals surface area contributed by atoms with Crippen LogP contribution in [-0.4, -0.2) is 46.8 Å². The van der Waals surface area contributed by atoms with Crippen molar-refractivity contribution < 1.29 is 9.59 Å². The van der Waals surface area contributed by atoms with Gasteiger partial charge in [-0.15, -0.1) is 0 Å². The van der Waals surface area contributed by atoms with Gasteiger partial charge in [-0.05, 0) is 47.8 Å². The Kier molecular flexibility index (Phi) is 6.43. The number of fused-ring (bicyclic) bond motifs is 1. The minimum Gasteiger partial charge on any atom is -0.359 e. The molecule has 1 atom stereocenters. The molecule has 1 aliphatic heterocycles. The number of imidazole rings is 1. The Morgan fingerprint density at radius 1 is 1.32 bits per heavy atom. The highest BCUT2D eigenvalue weighted by molar-refractivity contribution is 9.10. The molecular formula is C18H29BrN4O2. The third kappa shape index (κ3) is 5.14. The number of Topliss-reactive ketones (excluding diaryl/α,β-unsaturated/α-hetero) is 1. The van der Waals surface area contributed by atoms with Crippen molar-refractivity contribution in [2.24, 2.45) is 11.3 Å². The predicted octanol–water partition coefficient (Wildman–Crippen LogP) is 2.85. The van der Waals surface area contributed by atoms with Crippen molar-refractivity contribution in [2.45, 2.75) is 53.1 Å². The quantitative estimate of drug-likeness (QED) is 0.754. The molecule has 0 aromatic carbocycles. The highest BCUT2D eigenvalue weighted by atomic mass is 79.9. The highest BCUT2D eigenvalue weighted by Gasteiger charge is 2.30. The van der Waals surface area contributed by atoms with Gasteiger partial charge in [-0.25, -0.2) is 4.98 Å². The number of amides is 1. The summed E-state index contributed by atoms with van der Waals surface area (Å²) in [6.07, 6.45) is 1.88. The SMILES string of the molecule is CNC(=O)[C@@H](CC(=O)c1nc(Br)n2c1CN(C)CCC2)CC(C)(C)C. The van der Waals surface area contributed by atoms with E-state index in [1.807, 2.05) is 0 Å². The molecule has 2 heterocycles. The first-order valence-electron chi connectivity index (χ1n) is 8.80. The van der Waals surface area contributed by atoms with E-state index < -0.39 is 0 Å².